The summed E-state index contributed by atoms with van der Waals surface area (Å²) in [5, 5.41) is 3.40. The molecule has 1 heterocycles. The van der Waals surface area contributed by atoms with E-state index in [1.807, 2.05) is 25.1 Å². The summed E-state index contributed by atoms with van der Waals surface area (Å²) >= 11 is 5.69. The van der Waals surface area contributed by atoms with Gasteiger partial charge in [0.15, 0.2) is 6.10 Å². The first kappa shape index (κ1) is 19.8. The molecule has 0 bridgehead atoms. The summed E-state index contributed by atoms with van der Waals surface area (Å²) in [7, 11) is 0. The lowest BCUT2D eigenvalue weighted by Gasteiger charge is -2.15. The highest BCUT2D eigenvalue weighted by Crippen LogP contribution is 2.21. The van der Waals surface area contributed by atoms with Gasteiger partial charge in [-0.15, -0.1) is 0 Å². The molecule has 3 rings (SSSR count). The van der Waals surface area contributed by atoms with E-state index in [1.165, 1.54) is 19.1 Å². The molecule has 144 valence electrons. The van der Waals surface area contributed by atoms with Crippen LogP contribution >= 0.6 is 11.6 Å². The Labute approximate surface area is 166 Å². The third kappa shape index (κ3) is 4.28. The number of aryl methyl sites for hydroxylation is 2. The molecule has 0 spiro atoms. The number of nitrogens with zero attached hydrogens (tertiary/aromatic N) is 1. The van der Waals surface area contributed by atoms with E-state index in [0.717, 1.165) is 22.5 Å². The molecule has 1 aromatic heterocycles. The predicted molar refractivity (Wildman–Crippen MR) is 106 cm³/mol. The van der Waals surface area contributed by atoms with E-state index in [2.05, 4.69) is 10.3 Å². The van der Waals surface area contributed by atoms with Crippen molar-refractivity contribution in [3.63, 3.8) is 0 Å². The molecular weight excluding hydrogens is 383 g/mol. The van der Waals surface area contributed by atoms with Crippen LogP contribution in [0.25, 0.3) is 10.9 Å². The highest BCUT2D eigenvalue weighted by molar-refractivity contribution is 6.30. The zero-order valence-electron chi connectivity index (χ0n) is 15.5. The van der Waals surface area contributed by atoms with Crippen molar-refractivity contribution in [2.45, 2.75) is 26.9 Å². The van der Waals surface area contributed by atoms with Crippen molar-refractivity contribution in [1.29, 1.82) is 0 Å². The molecule has 1 unspecified atom stereocenters. The number of pyridine rings is 1. The van der Waals surface area contributed by atoms with Gasteiger partial charge in [-0.05, 0) is 57.2 Å². The van der Waals surface area contributed by atoms with E-state index >= 15 is 0 Å². The van der Waals surface area contributed by atoms with E-state index in [9.17, 15) is 14.0 Å². The largest absolute Gasteiger partial charge is 0.449 e. The molecule has 0 fully saturated rings. The van der Waals surface area contributed by atoms with Crippen LogP contribution in [0, 0.1) is 19.7 Å². The third-order valence-electron chi connectivity index (χ3n) is 4.22. The van der Waals surface area contributed by atoms with E-state index in [-0.39, 0.29) is 16.3 Å². The topological polar surface area (TPSA) is 68.3 Å². The Morgan fingerprint density at radius 3 is 2.61 bits per heavy atom. The fraction of sp³-hybridized carbons (Fsp3) is 0.190. The van der Waals surface area contributed by atoms with Gasteiger partial charge in [0.25, 0.3) is 5.91 Å². The molecule has 3 aromatic rings. The van der Waals surface area contributed by atoms with Crippen molar-refractivity contribution < 1.29 is 18.7 Å². The minimum atomic E-state index is -1.13. The Morgan fingerprint density at radius 2 is 1.89 bits per heavy atom. The number of carbonyl (C=O) groups excluding carboxylic acids is 2. The zero-order valence-corrected chi connectivity index (χ0v) is 16.3. The third-order valence-corrected chi connectivity index (χ3v) is 4.46. The Kier molecular flexibility index (Phi) is 5.61. The Balaban J connectivity index is 1.75. The SMILES string of the molecule is Cc1ccc2nc(C)c(C(=O)OC(C)C(=O)Nc3ccc(Cl)cc3F)cc2c1. The maximum Gasteiger partial charge on any atom is 0.340 e. The number of benzene rings is 2. The van der Waals surface area contributed by atoms with Crippen LogP contribution in [0.4, 0.5) is 10.1 Å². The molecule has 0 saturated heterocycles. The fourth-order valence-corrected chi connectivity index (χ4v) is 2.86. The minimum Gasteiger partial charge on any atom is -0.449 e. The number of amides is 1. The molecule has 0 saturated carbocycles. The van der Waals surface area contributed by atoms with E-state index in [0.29, 0.717) is 5.69 Å². The number of ether oxygens (including phenoxy) is 1. The maximum absolute atomic E-state index is 13.8. The number of aromatic nitrogens is 1. The van der Waals surface area contributed by atoms with Crippen molar-refractivity contribution in [3.8, 4) is 0 Å². The lowest BCUT2D eigenvalue weighted by atomic mass is 10.1. The molecular formula is C21H18ClFN2O3. The molecule has 1 amide bonds. The number of halogens is 2. The summed E-state index contributed by atoms with van der Waals surface area (Å²) in [5.41, 5.74) is 2.53. The van der Waals surface area contributed by atoms with Crippen molar-refractivity contribution in [2.75, 3.05) is 5.32 Å². The number of anilines is 1. The van der Waals surface area contributed by atoms with Gasteiger partial charge >= 0.3 is 5.97 Å². The summed E-state index contributed by atoms with van der Waals surface area (Å²) in [6.07, 6.45) is -1.13. The molecule has 0 aliphatic rings. The molecule has 0 aliphatic carbocycles. The molecule has 0 aliphatic heterocycles. The maximum atomic E-state index is 13.8. The van der Waals surface area contributed by atoms with Gasteiger partial charge in [0.2, 0.25) is 0 Å². The normalized spacial score (nSPS) is 11.9. The zero-order chi connectivity index (χ0) is 20.4. The number of nitrogens with one attached hydrogen (secondary N) is 1. The van der Waals surface area contributed by atoms with Gasteiger partial charge in [-0.2, -0.15) is 0 Å². The van der Waals surface area contributed by atoms with Crippen LogP contribution < -0.4 is 5.32 Å². The highest BCUT2D eigenvalue weighted by Gasteiger charge is 2.22. The van der Waals surface area contributed by atoms with Gasteiger partial charge in [0.1, 0.15) is 5.82 Å². The Morgan fingerprint density at radius 1 is 1.14 bits per heavy atom. The fourth-order valence-electron chi connectivity index (χ4n) is 2.70. The van der Waals surface area contributed by atoms with Crippen LogP contribution in [-0.4, -0.2) is 23.0 Å². The molecule has 28 heavy (non-hydrogen) atoms. The second-order valence-electron chi connectivity index (χ2n) is 6.48. The van der Waals surface area contributed by atoms with Gasteiger partial charge in [0, 0.05) is 10.4 Å². The minimum absolute atomic E-state index is 0.0451. The van der Waals surface area contributed by atoms with Crippen LogP contribution in [0.2, 0.25) is 5.02 Å². The first-order chi connectivity index (χ1) is 13.2. The summed E-state index contributed by atoms with van der Waals surface area (Å²) in [6.45, 7) is 5.05. The summed E-state index contributed by atoms with van der Waals surface area (Å²) in [5.74, 6) is -2.01. The van der Waals surface area contributed by atoms with E-state index in [4.69, 9.17) is 16.3 Å². The quantitative estimate of drug-likeness (QED) is 0.637. The standard InChI is InChI=1S/C21H18ClFN2O3/c1-11-4-6-18-14(8-11)9-16(12(2)24-18)21(27)28-13(3)20(26)25-19-7-5-15(22)10-17(19)23/h4-10,13H,1-3H3,(H,25,26). The first-order valence-corrected chi connectivity index (χ1v) is 8.97. The van der Waals surface area contributed by atoms with Gasteiger partial charge in [-0.1, -0.05) is 23.2 Å². The van der Waals surface area contributed by atoms with Crippen molar-refractivity contribution >= 4 is 40.1 Å². The van der Waals surface area contributed by atoms with Crippen LogP contribution in [0.1, 0.15) is 28.5 Å². The molecule has 5 nitrogen and oxygen atoms in total. The van der Waals surface area contributed by atoms with Gasteiger partial charge < -0.3 is 10.1 Å². The van der Waals surface area contributed by atoms with E-state index < -0.39 is 23.8 Å². The Bertz CT molecular complexity index is 1080. The van der Waals surface area contributed by atoms with Crippen molar-refractivity contribution in [3.05, 3.63) is 70.1 Å². The molecule has 1 atom stereocenters. The summed E-state index contributed by atoms with van der Waals surface area (Å²) in [4.78, 5) is 29.2. The second kappa shape index (κ2) is 7.94. The first-order valence-electron chi connectivity index (χ1n) is 8.59. The van der Waals surface area contributed by atoms with Crippen LogP contribution in [0.5, 0.6) is 0 Å². The lowest BCUT2D eigenvalue weighted by molar-refractivity contribution is -0.123. The Hall–Kier alpha value is -2.99. The van der Waals surface area contributed by atoms with E-state index in [1.54, 1.807) is 13.0 Å². The van der Waals surface area contributed by atoms with Gasteiger partial charge in [-0.3, -0.25) is 9.78 Å². The average Bonchev–Trinajstić information content (AvgIpc) is 2.63. The monoisotopic (exact) mass is 400 g/mol. The predicted octanol–water partition coefficient (Wildman–Crippen LogP) is 4.83. The molecule has 7 heteroatoms. The number of rotatable bonds is 4. The summed E-state index contributed by atoms with van der Waals surface area (Å²) in [6, 6.07) is 11.3. The van der Waals surface area contributed by atoms with Crippen LogP contribution in [0.15, 0.2) is 42.5 Å². The highest BCUT2D eigenvalue weighted by atomic mass is 35.5. The molecule has 2 aromatic carbocycles. The van der Waals surface area contributed by atoms with Crippen LogP contribution in [0.3, 0.4) is 0 Å². The van der Waals surface area contributed by atoms with Gasteiger partial charge in [-0.25, -0.2) is 9.18 Å². The van der Waals surface area contributed by atoms with Crippen LogP contribution in [-0.2, 0) is 9.53 Å². The summed E-state index contributed by atoms with van der Waals surface area (Å²) < 4.78 is 19.1. The smallest absolute Gasteiger partial charge is 0.340 e. The number of esters is 1. The molecule has 1 N–H and O–H groups in total. The number of fused-ring (bicyclic) bond motifs is 1. The average molecular weight is 401 g/mol. The van der Waals surface area contributed by atoms with Crippen molar-refractivity contribution in [1.82, 2.24) is 4.98 Å². The van der Waals surface area contributed by atoms with Gasteiger partial charge in [0.05, 0.1) is 22.5 Å². The number of carbonyl (C=O) groups is 2. The number of hydrogen-bond donors (Lipinski definition) is 1. The van der Waals surface area contributed by atoms with Crippen molar-refractivity contribution in [2.24, 2.45) is 0 Å². The second-order valence-corrected chi connectivity index (χ2v) is 6.91. The number of hydrogen-bond acceptors (Lipinski definition) is 4. The molecule has 0 radical (unpaired) electrons. The lowest BCUT2D eigenvalue weighted by Crippen LogP contribution is -2.30.